The van der Waals surface area contributed by atoms with E-state index in [0.29, 0.717) is 40.9 Å². The summed E-state index contributed by atoms with van der Waals surface area (Å²) in [4.78, 5) is 20.6. The first-order chi connectivity index (χ1) is 11.0. The minimum absolute atomic E-state index is 0.329. The zero-order valence-corrected chi connectivity index (χ0v) is 15.0. The Morgan fingerprint density at radius 2 is 1.91 bits per heavy atom. The Labute approximate surface area is 147 Å². The number of carbonyl (C=O) groups is 1. The molecule has 2 aliphatic rings. The van der Waals surface area contributed by atoms with E-state index in [1.54, 1.807) is 12.4 Å². The zero-order chi connectivity index (χ0) is 16.4. The quantitative estimate of drug-likeness (QED) is 0.809. The molecule has 0 radical (unpaired) electrons. The van der Waals surface area contributed by atoms with Crippen LogP contribution in [0.4, 0.5) is 0 Å². The molecule has 4 nitrogen and oxygen atoms in total. The lowest BCUT2D eigenvalue weighted by Crippen LogP contribution is -2.35. The summed E-state index contributed by atoms with van der Waals surface area (Å²) in [7, 11) is 2.05. The number of carbonyl (C=O) groups excluding carboxylic acids is 1. The highest BCUT2D eigenvalue weighted by Crippen LogP contribution is 2.30. The molecule has 1 saturated heterocycles. The summed E-state index contributed by atoms with van der Waals surface area (Å²) in [6, 6.07) is 0.488. The fraction of sp³-hybridized carbons (Fsp3) is 0.647. The number of pyridine rings is 1. The molecule has 126 valence electrons. The monoisotopic (exact) mass is 355 g/mol. The van der Waals surface area contributed by atoms with Crippen molar-refractivity contribution in [2.75, 3.05) is 20.1 Å². The number of halogens is 2. The van der Waals surface area contributed by atoms with Gasteiger partial charge in [0.05, 0.1) is 10.0 Å². The van der Waals surface area contributed by atoms with E-state index in [1.807, 2.05) is 0 Å². The molecule has 1 atom stereocenters. The van der Waals surface area contributed by atoms with Gasteiger partial charge in [0.2, 0.25) is 5.91 Å². The molecule has 0 N–H and O–H groups in total. The summed E-state index contributed by atoms with van der Waals surface area (Å²) >= 11 is 12.4. The molecule has 0 bridgehead atoms. The van der Waals surface area contributed by atoms with Crippen LogP contribution in [0.5, 0.6) is 0 Å². The fourth-order valence-corrected chi connectivity index (χ4v) is 4.35. The van der Waals surface area contributed by atoms with Gasteiger partial charge >= 0.3 is 0 Å². The van der Waals surface area contributed by atoms with Crippen molar-refractivity contribution in [3.8, 4) is 0 Å². The summed E-state index contributed by atoms with van der Waals surface area (Å²) in [5.41, 5.74) is 0.905. The van der Waals surface area contributed by atoms with Gasteiger partial charge in [0.25, 0.3) is 0 Å². The Kier molecular flexibility index (Phi) is 5.45. The molecule has 1 aliphatic heterocycles. The molecule has 1 aliphatic carbocycles. The first-order valence-corrected chi connectivity index (χ1v) is 9.06. The molecule has 0 aromatic carbocycles. The van der Waals surface area contributed by atoms with E-state index >= 15 is 0 Å². The number of rotatable bonds is 5. The summed E-state index contributed by atoms with van der Waals surface area (Å²) in [5.74, 6) is 0.725. The number of hydrogen-bond donors (Lipinski definition) is 0. The van der Waals surface area contributed by atoms with Crippen LogP contribution in [-0.2, 0) is 11.3 Å². The molecule has 1 amide bonds. The molecule has 1 aromatic rings. The predicted octanol–water partition coefficient (Wildman–Crippen LogP) is 3.61. The first kappa shape index (κ1) is 17.0. The fourth-order valence-electron chi connectivity index (χ4n) is 3.86. The minimum Gasteiger partial charge on any atom is -0.339 e. The second-order valence-electron chi connectivity index (χ2n) is 6.83. The van der Waals surface area contributed by atoms with Gasteiger partial charge in [-0.1, -0.05) is 36.0 Å². The molecule has 2 fully saturated rings. The highest BCUT2D eigenvalue weighted by Gasteiger charge is 2.35. The third-order valence-electron chi connectivity index (χ3n) is 4.95. The number of likely N-dealkylation sites (tertiary alicyclic amines) is 1. The average Bonchev–Trinajstić information content (AvgIpc) is 3.12. The predicted molar refractivity (Wildman–Crippen MR) is 92.7 cm³/mol. The number of amides is 1. The van der Waals surface area contributed by atoms with Crippen molar-refractivity contribution < 1.29 is 4.79 Å². The lowest BCUT2D eigenvalue weighted by Gasteiger charge is -2.25. The lowest BCUT2D eigenvalue weighted by molar-refractivity contribution is -0.129. The van der Waals surface area contributed by atoms with Crippen molar-refractivity contribution in [3.05, 3.63) is 28.0 Å². The number of aromatic nitrogens is 1. The van der Waals surface area contributed by atoms with Crippen LogP contribution in [0, 0.1) is 5.92 Å². The Morgan fingerprint density at radius 1 is 1.26 bits per heavy atom. The van der Waals surface area contributed by atoms with Crippen LogP contribution in [0.15, 0.2) is 12.4 Å². The van der Waals surface area contributed by atoms with E-state index in [9.17, 15) is 4.79 Å². The molecule has 6 heteroatoms. The van der Waals surface area contributed by atoms with Crippen molar-refractivity contribution in [2.24, 2.45) is 5.92 Å². The highest BCUT2D eigenvalue weighted by molar-refractivity contribution is 6.35. The zero-order valence-electron chi connectivity index (χ0n) is 13.5. The molecule has 2 heterocycles. The van der Waals surface area contributed by atoms with E-state index in [2.05, 4.69) is 21.8 Å². The van der Waals surface area contributed by atoms with Gasteiger partial charge in [0.1, 0.15) is 0 Å². The van der Waals surface area contributed by atoms with Gasteiger partial charge in [0, 0.05) is 50.1 Å². The van der Waals surface area contributed by atoms with Crippen LogP contribution >= 0.6 is 23.2 Å². The van der Waals surface area contributed by atoms with E-state index in [1.165, 1.54) is 25.7 Å². The SMILES string of the molecule is CN(Cc1c(Cl)cncc1Cl)C[C@H]1CC(=O)N(C2CCCC2)C1. The van der Waals surface area contributed by atoms with Crippen LogP contribution in [0.25, 0.3) is 0 Å². The molecule has 1 aromatic heterocycles. The Balaban J connectivity index is 1.56. The molecular formula is C17H23Cl2N3O. The van der Waals surface area contributed by atoms with Crippen LogP contribution in [0.3, 0.4) is 0 Å². The molecule has 0 unspecified atom stereocenters. The van der Waals surface area contributed by atoms with E-state index in [0.717, 1.165) is 18.7 Å². The average molecular weight is 356 g/mol. The standard InChI is InChI=1S/C17H23Cl2N3O/c1-21(11-14-15(18)7-20-8-16(14)19)9-12-6-17(23)22(10-12)13-4-2-3-5-13/h7-8,12-13H,2-6,9-11H2,1H3/t12-/m1/s1. The Hall–Kier alpha value is -0.840. The maximum absolute atomic E-state index is 12.3. The summed E-state index contributed by atoms with van der Waals surface area (Å²) in [6.07, 6.45) is 8.79. The maximum atomic E-state index is 12.3. The van der Waals surface area contributed by atoms with E-state index < -0.39 is 0 Å². The van der Waals surface area contributed by atoms with E-state index in [-0.39, 0.29) is 0 Å². The summed E-state index contributed by atoms with van der Waals surface area (Å²) < 4.78 is 0. The van der Waals surface area contributed by atoms with Crippen molar-refractivity contribution in [3.63, 3.8) is 0 Å². The smallest absolute Gasteiger partial charge is 0.223 e. The largest absolute Gasteiger partial charge is 0.339 e. The third-order valence-corrected chi connectivity index (χ3v) is 5.61. The third kappa shape index (κ3) is 3.98. The van der Waals surface area contributed by atoms with Gasteiger partial charge in [0.15, 0.2) is 0 Å². The van der Waals surface area contributed by atoms with Crippen molar-refractivity contribution in [1.29, 1.82) is 0 Å². The van der Waals surface area contributed by atoms with Crippen LogP contribution in [0.2, 0.25) is 10.0 Å². The van der Waals surface area contributed by atoms with E-state index in [4.69, 9.17) is 23.2 Å². The second-order valence-corrected chi connectivity index (χ2v) is 7.65. The van der Waals surface area contributed by atoms with Crippen molar-refractivity contribution >= 4 is 29.1 Å². The van der Waals surface area contributed by atoms with Gasteiger partial charge in [-0.25, -0.2) is 0 Å². The van der Waals surface area contributed by atoms with Crippen LogP contribution in [0.1, 0.15) is 37.7 Å². The Bertz CT molecular complexity index is 555. The van der Waals surface area contributed by atoms with Gasteiger partial charge in [-0.05, 0) is 25.8 Å². The van der Waals surface area contributed by atoms with Crippen molar-refractivity contribution in [2.45, 2.75) is 44.7 Å². The van der Waals surface area contributed by atoms with Crippen LogP contribution < -0.4 is 0 Å². The Morgan fingerprint density at radius 3 is 2.57 bits per heavy atom. The highest BCUT2D eigenvalue weighted by atomic mass is 35.5. The lowest BCUT2D eigenvalue weighted by atomic mass is 10.1. The molecule has 1 saturated carbocycles. The topological polar surface area (TPSA) is 36.4 Å². The maximum Gasteiger partial charge on any atom is 0.223 e. The van der Waals surface area contributed by atoms with Crippen molar-refractivity contribution in [1.82, 2.24) is 14.8 Å². The van der Waals surface area contributed by atoms with Gasteiger partial charge in [-0.2, -0.15) is 0 Å². The first-order valence-electron chi connectivity index (χ1n) is 8.30. The summed E-state index contributed by atoms with van der Waals surface area (Å²) in [6.45, 7) is 2.45. The number of hydrogen-bond acceptors (Lipinski definition) is 3. The van der Waals surface area contributed by atoms with Gasteiger partial charge < -0.3 is 9.80 Å². The van der Waals surface area contributed by atoms with Gasteiger partial charge in [-0.3, -0.25) is 9.78 Å². The van der Waals surface area contributed by atoms with Crippen LogP contribution in [-0.4, -0.2) is 46.9 Å². The molecule has 0 spiro atoms. The molecular weight excluding hydrogens is 333 g/mol. The molecule has 3 rings (SSSR count). The number of nitrogens with zero attached hydrogens (tertiary/aromatic N) is 3. The van der Waals surface area contributed by atoms with Gasteiger partial charge in [-0.15, -0.1) is 0 Å². The molecule has 23 heavy (non-hydrogen) atoms. The normalized spacial score (nSPS) is 22.5. The minimum atomic E-state index is 0.329. The second kappa shape index (κ2) is 7.37. The summed E-state index contributed by atoms with van der Waals surface area (Å²) in [5, 5.41) is 1.19.